The minimum Gasteiger partial charge on any atom is -0.359 e. The monoisotopic (exact) mass is 225 g/mol. The molecule has 0 amide bonds. The Labute approximate surface area is 98.0 Å². The van der Waals surface area contributed by atoms with Crippen LogP contribution in [0.15, 0.2) is 45.9 Å². The van der Waals surface area contributed by atoms with Gasteiger partial charge in [-0.3, -0.25) is 0 Å². The first-order valence-corrected chi connectivity index (χ1v) is 5.36. The first-order valence-electron chi connectivity index (χ1n) is 5.36. The van der Waals surface area contributed by atoms with Gasteiger partial charge in [0.1, 0.15) is 5.76 Å². The smallest absolute Gasteiger partial charge is 0.195 e. The molecule has 1 aromatic carbocycles. The molecule has 0 unspecified atom stereocenters. The third-order valence-electron chi connectivity index (χ3n) is 2.50. The fraction of sp³-hybridized carbons (Fsp3) is 0.0769. The number of para-hydroxylation sites is 1. The topological polar surface area (TPSA) is 54.2 Å². The van der Waals surface area contributed by atoms with E-state index in [2.05, 4.69) is 21.2 Å². The van der Waals surface area contributed by atoms with Gasteiger partial charge in [0.25, 0.3) is 0 Å². The zero-order valence-electron chi connectivity index (χ0n) is 9.34. The molecule has 3 aromatic rings. The molecule has 1 N–H and O–H groups in total. The molecule has 84 valence electrons. The highest BCUT2D eigenvalue weighted by molar-refractivity contribution is 5.90. The van der Waals surface area contributed by atoms with Gasteiger partial charge in [0.05, 0.1) is 11.9 Å². The highest BCUT2D eigenvalue weighted by atomic mass is 16.5. The summed E-state index contributed by atoms with van der Waals surface area (Å²) in [6.07, 6.45) is 1.75. The molecule has 3 rings (SSSR count). The van der Waals surface area contributed by atoms with E-state index < -0.39 is 0 Å². The summed E-state index contributed by atoms with van der Waals surface area (Å²) >= 11 is 0. The Morgan fingerprint density at radius 3 is 2.94 bits per heavy atom. The third-order valence-corrected chi connectivity index (χ3v) is 2.50. The largest absolute Gasteiger partial charge is 0.359 e. The summed E-state index contributed by atoms with van der Waals surface area (Å²) < 4.78 is 4.94. The molecule has 0 aliphatic rings. The summed E-state index contributed by atoms with van der Waals surface area (Å²) in [4.78, 5) is 7.50. The number of aromatic amines is 1. The molecule has 2 aromatic heterocycles. The number of hydrogen-bond acceptors (Lipinski definition) is 3. The average molecular weight is 225 g/mol. The summed E-state index contributed by atoms with van der Waals surface area (Å²) in [5, 5.41) is 4.97. The first kappa shape index (κ1) is 9.84. The van der Waals surface area contributed by atoms with Gasteiger partial charge in [0.2, 0.25) is 0 Å². The second-order valence-corrected chi connectivity index (χ2v) is 3.87. The maximum absolute atomic E-state index is 4.94. The number of hydrogen-bond donors (Lipinski definition) is 1. The Balaban J connectivity index is 1.92. The number of fused-ring (bicyclic) bond motifs is 1. The highest BCUT2D eigenvalue weighted by Gasteiger charge is 1.98. The van der Waals surface area contributed by atoms with E-state index in [0.29, 0.717) is 5.82 Å². The van der Waals surface area contributed by atoms with Crippen molar-refractivity contribution in [2.24, 2.45) is 4.99 Å². The number of aliphatic imine (C=N–C) groups is 1. The zero-order valence-corrected chi connectivity index (χ0v) is 9.34. The lowest BCUT2D eigenvalue weighted by atomic mass is 10.2. The van der Waals surface area contributed by atoms with Crippen LogP contribution in [0.25, 0.3) is 10.9 Å². The molecule has 4 nitrogen and oxygen atoms in total. The molecule has 17 heavy (non-hydrogen) atoms. The van der Waals surface area contributed by atoms with E-state index in [-0.39, 0.29) is 0 Å². The number of benzene rings is 1. The molecule has 0 saturated heterocycles. The molecular weight excluding hydrogens is 214 g/mol. The average Bonchev–Trinajstić information content (AvgIpc) is 2.91. The van der Waals surface area contributed by atoms with Gasteiger partial charge in [0, 0.05) is 17.0 Å². The van der Waals surface area contributed by atoms with Crippen LogP contribution in [0.5, 0.6) is 0 Å². The van der Waals surface area contributed by atoms with Crippen molar-refractivity contribution >= 4 is 22.9 Å². The summed E-state index contributed by atoms with van der Waals surface area (Å²) in [6, 6.07) is 11.9. The van der Waals surface area contributed by atoms with E-state index in [9.17, 15) is 0 Å². The van der Waals surface area contributed by atoms with E-state index in [1.165, 1.54) is 5.39 Å². The zero-order chi connectivity index (χ0) is 11.7. The van der Waals surface area contributed by atoms with Gasteiger partial charge < -0.3 is 9.51 Å². The van der Waals surface area contributed by atoms with Crippen LogP contribution in [0.4, 0.5) is 5.82 Å². The van der Waals surface area contributed by atoms with Gasteiger partial charge in [-0.15, -0.1) is 0 Å². The van der Waals surface area contributed by atoms with Crippen molar-refractivity contribution in [3.8, 4) is 0 Å². The van der Waals surface area contributed by atoms with Crippen molar-refractivity contribution in [1.29, 1.82) is 0 Å². The number of H-pyrrole nitrogens is 1. The maximum atomic E-state index is 4.94. The number of rotatable bonds is 2. The fourth-order valence-corrected chi connectivity index (χ4v) is 1.72. The number of nitrogens with zero attached hydrogens (tertiary/aromatic N) is 2. The van der Waals surface area contributed by atoms with Crippen molar-refractivity contribution in [1.82, 2.24) is 10.1 Å². The molecule has 0 saturated carbocycles. The lowest BCUT2D eigenvalue weighted by Crippen LogP contribution is -1.78. The van der Waals surface area contributed by atoms with Gasteiger partial charge in [-0.25, -0.2) is 4.99 Å². The SMILES string of the molecule is Cc1cc(N=Cc2cc3ccccc3[nH]2)no1. The molecular formula is C13H11N3O. The van der Waals surface area contributed by atoms with E-state index >= 15 is 0 Å². The van der Waals surface area contributed by atoms with Gasteiger partial charge in [-0.05, 0) is 19.1 Å². The summed E-state index contributed by atoms with van der Waals surface area (Å²) in [6.45, 7) is 1.84. The molecule has 0 atom stereocenters. The van der Waals surface area contributed by atoms with Crippen molar-refractivity contribution in [2.45, 2.75) is 6.92 Å². The standard InChI is InChI=1S/C13H11N3O/c1-9-6-13(16-17-9)14-8-11-7-10-4-2-3-5-12(10)15-11/h2-8,15H,1H3. The molecule has 0 aliphatic carbocycles. The van der Waals surface area contributed by atoms with Crippen molar-refractivity contribution in [2.75, 3.05) is 0 Å². The van der Waals surface area contributed by atoms with E-state index in [1.54, 1.807) is 12.3 Å². The van der Waals surface area contributed by atoms with Gasteiger partial charge >= 0.3 is 0 Å². The van der Waals surface area contributed by atoms with Gasteiger partial charge in [-0.1, -0.05) is 23.4 Å². The Kier molecular flexibility index (Phi) is 2.26. The van der Waals surface area contributed by atoms with Crippen LogP contribution < -0.4 is 0 Å². The van der Waals surface area contributed by atoms with E-state index in [4.69, 9.17) is 4.52 Å². The lowest BCUT2D eigenvalue weighted by Gasteiger charge is -1.84. The highest BCUT2D eigenvalue weighted by Crippen LogP contribution is 2.15. The van der Waals surface area contributed by atoms with Crippen LogP contribution in [0, 0.1) is 6.92 Å². The summed E-state index contributed by atoms with van der Waals surface area (Å²) in [5.41, 5.74) is 2.05. The Hall–Kier alpha value is -2.36. The van der Waals surface area contributed by atoms with Crippen LogP contribution in [0.2, 0.25) is 0 Å². The van der Waals surface area contributed by atoms with Crippen LogP contribution in [-0.4, -0.2) is 16.4 Å². The van der Waals surface area contributed by atoms with Crippen molar-refractivity contribution in [3.05, 3.63) is 47.9 Å². The van der Waals surface area contributed by atoms with Crippen LogP contribution in [-0.2, 0) is 0 Å². The third kappa shape index (κ3) is 1.97. The molecule has 0 radical (unpaired) electrons. The second kappa shape index (κ2) is 3.90. The first-order chi connectivity index (χ1) is 8.31. The molecule has 0 fully saturated rings. The fourth-order valence-electron chi connectivity index (χ4n) is 1.72. The summed E-state index contributed by atoms with van der Waals surface area (Å²) in [7, 11) is 0. The predicted molar refractivity (Wildman–Crippen MR) is 66.8 cm³/mol. The van der Waals surface area contributed by atoms with Crippen LogP contribution in [0.1, 0.15) is 11.5 Å². The molecule has 0 spiro atoms. The predicted octanol–water partition coefficient (Wildman–Crippen LogP) is 3.21. The number of aromatic nitrogens is 2. The number of aryl methyl sites for hydroxylation is 1. The van der Waals surface area contributed by atoms with Gasteiger partial charge in [-0.2, -0.15) is 0 Å². The molecule has 0 bridgehead atoms. The Morgan fingerprint density at radius 1 is 1.29 bits per heavy atom. The number of nitrogens with one attached hydrogen (secondary N) is 1. The van der Waals surface area contributed by atoms with Crippen molar-refractivity contribution < 1.29 is 4.52 Å². The van der Waals surface area contributed by atoms with E-state index in [1.807, 2.05) is 31.2 Å². The van der Waals surface area contributed by atoms with Crippen LogP contribution >= 0.6 is 0 Å². The van der Waals surface area contributed by atoms with E-state index in [0.717, 1.165) is 17.0 Å². The minimum atomic E-state index is 0.584. The normalized spacial score (nSPS) is 11.6. The Morgan fingerprint density at radius 2 is 2.18 bits per heavy atom. The van der Waals surface area contributed by atoms with Gasteiger partial charge in [0.15, 0.2) is 5.82 Å². The van der Waals surface area contributed by atoms with Crippen molar-refractivity contribution in [3.63, 3.8) is 0 Å². The lowest BCUT2D eigenvalue weighted by molar-refractivity contribution is 0.399. The minimum absolute atomic E-state index is 0.584. The Bertz CT molecular complexity index is 646. The maximum Gasteiger partial charge on any atom is 0.195 e. The molecule has 0 aliphatic heterocycles. The second-order valence-electron chi connectivity index (χ2n) is 3.87. The summed E-state index contributed by atoms with van der Waals surface area (Å²) in [5.74, 6) is 1.34. The molecule has 2 heterocycles. The van der Waals surface area contributed by atoms with Crippen LogP contribution in [0.3, 0.4) is 0 Å². The quantitative estimate of drug-likeness (QED) is 0.681. The molecule has 4 heteroatoms.